The molecular formula is C18H17. The van der Waals surface area contributed by atoms with E-state index in [0.29, 0.717) is 0 Å². The van der Waals surface area contributed by atoms with Gasteiger partial charge in [0.2, 0.25) is 0 Å². The van der Waals surface area contributed by atoms with Crippen LogP contribution in [0.3, 0.4) is 0 Å². The Hall–Kier alpha value is -1.56. The van der Waals surface area contributed by atoms with Crippen LogP contribution in [0.1, 0.15) is 36.8 Å². The highest BCUT2D eigenvalue weighted by Crippen LogP contribution is 2.47. The van der Waals surface area contributed by atoms with E-state index in [1.807, 2.05) is 0 Å². The monoisotopic (exact) mass is 233 g/mol. The molecule has 0 N–H and O–H groups in total. The van der Waals surface area contributed by atoms with E-state index in [1.165, 1.54) is 31.2 Å². The van der Waals surface area contributed by atoms with Gasteiger partial charge in [0, 0.05) is 5.92 Å². The summed E-state index contributed by atoms with van der Waals surface area (Å²) in [6.45, 7) is 0. The van der Waals surface area contributed by atoms with Crippen LogP contribution in [-0.2, 0) is 6.42 Å². The molecule has 1 aromatic rings. The highest BCUT2D eigenvalue weighted by atomic mass is 14.3. The average Bonchev–Trinajstić information content (AvgIpc) is 3.01. The number of aryl methyl sites for hydroxylation is 1. The molecule has 0 bridgehead atoms. The van der Waals surface area contributed by atoms with Crippen LogP contribution in [0.4, 0.5) is 0 Å². The predicted molar refractivity (Wildman–Crippen MR) is 75.2 cm³/mol. The Balaban J connectivity index is 1.78. The molecular weight excluding hydrogens is 216 g/mol. The van der Waals surface area contributed by atoms with Crippen LogP contribution < -0.4 is 0 Å². The lowest BCUT2D eigenvalue weighted by Gasteiger charge is -2.16. The van der Waals surface area contributed by atoms with E-state index < -0.39 is 0 Å². The molecule has 0 nitrogen and oxygen atoms in total. The Bertz CT molecular complexity index is 584. The molecule has 0 aliphatic heterocycles. The van der Waals surface area contributed by atoms with Crippen molar-refractivity contribution in [2.75, 3.05) is 0 Å². The van der Waals surface area contributed by atoms with Gasteiger partial charge in [0.25, 0.3) is 0 Å². The van der Waals surface area contributed by atoms with Crippen molar-refractivity contribution in [3.63, 3.8) is 0 Å². The molecule has 0 saturated heterocycles. The van der Waals surface area contributed by atoms with Crippen molar-refractivity contribution in [2.24, 2.45) is 0 Å². The van der Waals surface area contributed by atoms with Gasteiger partial charge in [-0.25, -0.2) is 0 Å². The van der Waals surface area contributed by atoms with Gasteiger partial charge in [0.1, 0.15) is 0 Å². The van der Waals surface area contributed by atoms with E-state index in [9.17, 15) is 0 Å². The van der Waals surface area contributed by atoms with E-state index in [1.54, 1.807) is 28.2 Å². The second kappa shape index (κ2) is 3.98. The molecule has 0 heterocycles. The van der Waals surface area contributed by atoms with Gasteiger partial charge in [0.05, 0.1) is 0 Å². The molecule has 0 saturated carbocycles. The number of allylic oxidation sites excluding steroid dienone is 6. The van der Waals surface area contributed by atoms with Gasteiger partial charge in [-0.15, -0.1) is 0 Å². The minimum Gasteiger partial charge on any atom is -0.0801 e. The fourth-order valence-corrected chi connectivity index (χ4v) is 3.64. The van der Waals surface area contributed by atoms with Crippen molar-refractivity contribution in [3.05, 3.63) is 76.3 Å². The predicted octanol–water partition coefficient (Wildman–Crippen LogP) is 4.53. The highest BCUT2D eigenvalue weighted by molar-refractivity contribution is 5.59. The largest absolute Gasteiger partial charge is 0.0801 e. The number of hydrogen-bond acceptors (Lipinski definition) is 0. The molecule has 4 rings (SSSR count). The van der Waals surface area contributed by atoms with E-state index in [4.69, 9.17) is 0 Å². The van der Waals surface area contributed by atoms with E-state index >= 15 is 0 Å². The molecule has 0 aromatic heterocycles. The van der Waals surface area contributed by atoms with Gasteiger partial charge in [-0.05, 0) is 54.4 Å². The molecule has 0 fully saturated rings. The Labute approximate surface area is 109 Å². The van der Waals surface area contributed by atoms with E-state index in [-0.39, 0.29) is 0 Å². The SMILES string of the molecule is C1=CCC2=C([C]3CCc4ccccc43)CCC2=C1. The van der Waals surface area contributed by atoms with Crippen molar-refractivity contribution in [1.29, 1.82) is 0 Å². The third-order valence-corrected chi connectivity index (χ3v) is 4.50. The zero-order valence-corrected chi connectivity index (χ0v) is 10.6. The third-order valence-electron chi connectivity index (χ3n) is 4.50. The molecule has 0 atom stereocenters. The van der Waals surface area contributed by atoms with Gasteiger partial charge in [-0.2, -0.15) is 0 Å². The number of benzene rings is 1. The number of fused-ring (bicyclic) bond motifs is 2. The molecule has 3 aliphatic carbocycles. The maximum absolute atomic E-state index is 2.31. The summed E-state index contributed by atoms with van der Waals surface area (Å²) in [6, 6.07) is 8.95. The maximum Gasteiger partial charge on any atom is 0.0308 e. The topological polar surface area (TPSA) is 0 Å². The van der Waals surface area contributed by atoms with Gasteiger partial charge in [-0.3, -0.25) is 0 Å². The molecule has 0 heteroatoms. The van der Waals surface area contributed by atoms with Crippen LogP contribution in [0.5, 0.6) is 0 Å². The van der Waals surface area contributed by atoms with Gasteiger partial charge in [0.15, 0.2) is 0 Å². The van der Waals surface area contributed by atoms with Crippen molar-refractivity contribution in [3.8, 4) is 0 Å². The van der Waals surface area contributed by atoms with E-state index in [0.717, 1.165) is 6.42 Å². The van der Waals surface area contributed by atoms with Crippen LogP contribution in [-0.4, -0.2) is 0 Å². The second-order valence-corrected chi connectivity index (χ2v) is 5.42. The molecule has 0 spiro atoms. The average molecular weight is 233 g/mol. The first kappa shape index (κ1) is 10.4. The minimum absolute atomic E-state index is 1.15. The summed E-state index contributed by atoms with van der Waals surface area (Å²) in [5.74, 6) is 1.64. The molecule has 1 aromatic carbocycles. The maximum atomic E-state index is 2.31. The molecule has 18 heavy (non-hydrogen) atoms. The summed E-state index contributed by atoms with van der Waals surface area (Å²) in [6.07, 6.45) is 13.0. The first-order valence-electron chi connectivity index (χ1n) is 6.96. The van der Waals surface area contributed by atoms with Gasteiger partial charge in [-0.1, -0.05) is 48.1 Å². The first-order valence-corrected chi connectivity index (χ1v) is 6.96. The Morgan fingerprint density at radius 2 is 1.78 bits per heavy atom. The van der Waals surface area contributed by atoms with Crippen LogP contribution in [0.25, 0.3) is 0 Å². The Kier molecular flexibility index (Phi) is 2.29. The molecule has 89 valence electrons. The lowest BCUT2D eigenvalue weighted by atomic mass is 9.88. The standard InChI is InChI=1S/C18H17/c1-3-7-15-13(5-1)9-11-17(15)18-12-10-14-6-2-4-8-16(14)18/h1-7H,8-12H2. The lowest BCUT2D eigenvalue weighted by molar-refractivity contribution is 0.899. The van der Waals surface area contributed by atoms with Gasteiger partial charge >= 0.3 is 0 Å². The summed E-state index contributed by atoms with van der Waals surface area (Å²) in [7, 11) is 0. The van der Waals surface area contributed by atoms with Crippen molar-refractivity contribution in [2.45, 2.75) is 32.1 Å². The van der Waals surface area contributed by atoms with Gasteiger partial charge < -0.3 is 0 Å². The fraction of sp³-hybridized carbons (Fsp3) is 0.278. The number of rotatable bonds is 1. The quantitative estimate of drug-likeness (QED) is 0.668. The van der Waals surface area contributed by atoms with Crippen LogP contribution >= 0.6 is 0 Å². The summed E-state index contributed by atoms with van der Waals surface area (Å²) < 4.78 is 0. The smallest absolute Gasteiger partial charge is 0.0308 e. The van der Waals surface area contributed by atoms with Crippen LogP contribution in [0, 0.1) is 5.92 Å². The summed E-state index contributed by atoms with van der Waals surface area (Å²) >= 11 is 0. The molecule has 1 radical (unpaired) electrons. The first-order chi connectivity index (χ1) is 8.93. The lowest BCUT2D eigenvalue weighted by Crippen LogP contribution is -2.00. The summed E-state index contributed by atoms with van der Waals surface area (Å²) in [5, 5.41) is 0. The second-order valence-electron chi connectivity index (χ2n) is 5.42. The minimum atomic E-state index is 1.15. The highest BCUT2D eigenvalue weighted by Gasteiger charge is 2.31. The molecule has 3 aliphatic rings. The summed E-state index contributed by atoms with van der Waals surface area (Å²) in [5.41, 5.74) is 7.95. The molecule has 0 unspecified atom stereocenters. The van der Waals surface area contributed by atoms with Crippen LogP contribution in [0.2, 0.25) is 0 Å². The van der Waals surface area contributed by atoms with Crippen molar-refractivity contribution >= 4 is 0 Å². The third kappa shape index (κ3) is 1.45. The Morgan fingerprint density at radius 3 is 2.78 bits per heavy atom. The zero-order valence-electron chi connectivity index (χ0n) is 10.6. The fourth-order valence-electron chi connectivity index (χ4n) is 3.64. The summed E-state index contributed by atoms with van der Waals surface area (Å²) in [4.78, 5) is 0. The normalized spacial score (nSPS) is 22.1. The molecule has 0 amide bonds. The van der Waals surface area contributed by atoms with Crippen LogP contribution in [0.15, 0.2) is 59.2 Å². The van der Waals surface area contributed by atoms with Crippen molar-refractivity contribution in [1.82, 2.24) is 0 Å². The zero-order chi connectivity index (χ0) is 11.9. The van der Waals surface area contributed by atoms with E-state index in [2.05, 4.69) is 42.5 Å². The van der Waals surface area contributed by atoms with Crippen molar-refractivity contribution < 1.29 is 0 Å². The number of hydrogen-bond donors (Lipinski definition) is 0. The Morgan fingerprint density at radius 1 is 0.833 bits per heavy atom.